The molecule has 1 saturated heterocycles. The van der Waals surface area contributed by atoms with Crippen LogP contribution in [-0.4, -0.2) is 41.2 Å². The molecular weight excluding hydrogens is 242 g/mol. The van der Waals surface area contributed by atoms with Crippen LogP contribution in [0.4, 0.5) is 5.69 Å². The SMILES string of the molecule is CCCN1CC(=O)N(Cc2ccccc2N)CC1=O. The van der Waals surface area contributed by atoms with E-state index in [0.717, 1.165) is 12.0 Å². The quantitative estimate of drug-likeness (QED) is 0.817. The van der Waals surface area contributed by atoms with Crippen molar-refractivity contribution in [3.05, 3.63) is 29.8 Å². The van der Waals surface area contributed by atoms with Gasteiger partial charge in [-0.15, -0.1) is 0 Å². The molecule has 1 aliphatic heterocycles. The second-order valence-corrected chi connectivity index (χ2v) is 4.76. The molecule has 0 atom stereocenters. The fraction of sp³-hybridized carbons (Fsp3) is 0.429. The average Bonchev–Trinajstić information content (AvgIpc) is 2.38. The van der Waals surface area contributed by atoms with Crippen LogP contribution >= 0.6 is 0 Å². The molecule has 2 rings (SSSR count). The lowest BCUT2D eigenvalue weighted by Crippen LogP contribution is -2.53. The maximum absolute atomic E-state index is 12.0. The summed E-state index contributed by atoms with van der Waals surface area (Å²) >= 11 is 0. The first-order valence-corrected chi connectivity index (χ1v) is 6.50. The van der Waals surface area contributed by atoms with Crippen molar-refractivity contribution in [1.82, 2.24) is 9.80 Å². The van der Waals surface area contributed by atoms with Gasteiger partial charge >= 0.3 is 0 Å². The van der Waals surface area contributed by atoms with Crippen LogP contribution in [0.25, 0.3) is 0 Å². The molecule has 0 radical (unpaired) electrons. The van der Waals surface area contributed by atoms with E-state index in [1.54, 1.807) is 15.9 Å². The molecule has 1 aliphatic rings. The molecule has 2 amide bonds. The van der Waals surface area contributed by atoms with Crippen LogP contribution in [0.2, 0.25) is 0 Å². The van der Waals surface area contributed by atoms with Gasteiger partial charge in [-0.25, -0.2) is 0 Å². The van der Waals surface area contributed by atoms with Crippen LogP contribution in [0, 0.1) is 0 Å². The predicted octanol–water partition coefficient (Wildman–Crippen LogP) is 0.850. The molecule has 0 spiro atoms. The number of benzene rings is 1. The minimum atomic E-state index is -0.0173. The van der Waals surface area contributed by atoms with Crippen molar-refractivity contribution in [2.45, 2.75) is 19.9 Å². The highest BCUT2D eigenvalue weighted by Crippen LogP contribution is 2.15. The Balaban J connectivity index is 2.05. The summed E-state index contributed by atoms with van der Waals surface area (Å²) in [6.45, 7) is 3.37. The van der Waals surface area contributed by atoms with Crippen molar-refractivity contribution in [3.63, 3.8) is 0 Å². The summed E-state index contributed by atoms with van der Waals surface area (Å²) in [5.74, 6) is -0.00717. The van der Waals surface area contributed by atoms with Gasteiger partial charge in [0.25, 0.3) is 0 Å². The zero-order chi connectivity index (χ0) is 13.8. The molecule has 5 nitrogen and oxygen atoms in total. The fourth-order valence-corrected chi connectivity index (χ4v) is 2.20. The number of hydrogen-bond acceptors (Lipinski definition) is 3. The average molecular weight is 261 g/mol. The van der Waals surface area contributed by atoms with Crippen LogP contribution < -0.4 is 5.73 Å². The van der Waals surface area contributed by atoms with Crippen molar-refractivity contribution in [1.29, 1.82) is 0 Å². The Morgan fingerprint density at radius 1 is 1.11 bits per heavy atom. The first-order valence-electron chi connectivity index (χ1n) is 6.50. The zero-order valence-electron chi connectivity index (χ0n) is 11.1. The van der Waals surface area contributed by atoms with Crippen LogP contribution in [0.15, 0.2) is 24.3 Å². The second kappa shape index (κ2) is 5.73. The Labute approximate surface area is 113 Å². The van der Waals surface area contributed by atoms with Gasteiger partial charge in [-0.2, -0.15) is 0 Å². The van der Waals surface area contributed by atoms with Crippen LogP contribution in [0.1, 0.15) is 18.9 Å². The Kier molecular flexibility index (Phi) is 4.04. The summed E-state index contributed by atoms with van der Waals surface area (Å²) in [6, 6.07) is 7.41. The van der Waals surface area contributed by atoms with Gasteiger partial charge in [0, 0.05) is 18.8 Å². The molecule has 0 unspecified atom stereocenters. The van der Waals surface area contributed by atoms with Gasteiger partial charge in [0.05, 0.1) is 6.54 Å². The maximum atomic E-state index is 12.0. The zero-order valence-corrected chi connectivity index (χ0v) is 11.1. The lowest BCUT2D eigenvalue weighted by molar-refractivity contribution is -0.150. The molecule has 19 heavy (non-hydrogen) atoms. The number of anilines is 1. The molecule has 2 N–H and O–H groups in total. The van der Waals surface area contributed by atoms with Crippen LogP contribution in [-0.2, 0) is 16.1 Å². The van der Waals surface area contributed by atoms with E-state index in [4.69, 9.17) is 5.73 Å². The van der Waals surface area contributed by atoms with E-state index in [2.05, 4.69) is 0 Å². The number of rotatable bonds is 4. The van der Waals surface area contributed by atoms with E-state index in [9.17, 15) is 9.59 Å². The molecule has 1 heterocycles. The smallest absolute Gasteiger partial charge is 0.242 e. The van der Waals surface area contributed by atoms with Crippen molar-refractivity contribution in [2.24, 2.45) is 0 Å². The Bertz CT molecular complexity index is 487. The maximum Gasteiger partial charge on any atom is 0.242 e. The minimum Gasteiger partial charge on any atom is -0.398 e. The normalized spacial score (nSPS) is 16.1. The summed E-state index contributed by atoms with van der Waals surface area (Å²) in [5.41, 5.74) is 7.39. The number of piperazine rings is 1. The number of carbonyl (C=O) groups excluding carboxylic acids is 2. The van der Waals surface area contributed by atoms with E-state index in [0.29, 0.717) is 18.8 Å². The van der Waals surface area contributed by atoms with Crippen LogP contribution in [0.5, 0.6) is 0 Å². The first kappa shape index (κ1) is 13.4. The van der Waals surface area contributed by atoms with Crippen molar-refractivity contribution in [3.8, 4) is 0 Å². The topological polar surface area (TPSA) is 66.6 Å². The Morgan fingerprint density at radius 3 is 2.42 bits per heavy atom. The van der Waals surface area contributed by atoms with Gasteiger partial charge in [-0.05, 0) is 18.1 Å². The van der Waals surface area contributed by atoms with Gasteiger partial charge in [0.1, 0.15) is 6.54 Å². The second-order valence-electron chi connectivity index (χ2n) is 4.76. The summed E-state index contributed by atoms with van der Waals surface area (Å²) in [7, 11) is 0. The molecule has 0 aromatic heterocycles. The van der Waals surface area contributed by atoms with Crippen molar-refractivity contribution >= 4 is 17.5 Å². The number of para-hydroxylation sites is 1. The minimum absolute atomic E-state index is 0.0101. The lowest BCUT2D eigenvalue weighted by Gasteiger charge is -2.34. The highest BCUT2D eigenvalue weighted by atomic mass is 16.2. The largest absolute Gasteiger partial charge is 0.398 e. The highest BCUT2D eigenvalue weighted by Gasteiger charge is 2.29. The molecule has 0 saturated carbocycles. The van der Waals surface area contributed by atoms with Crippen molar-refractivity contribution in [2.75, 3.05) is 25.4 Å². The molecule has 1 aromatic carbocycles. The number of hydrogen-bond donors (Lipinski definition) is 1. The van der Waals surface area contributed by atoms with Crippen LogP contribution in [0.3, 0.4) is 0 Å². The number of nitrogens with zero attached hydrogens (tertiary/aromatic N) is 2. The first-order chi connectivity index (χ1) is 9.11. The van der Waals surface area contributed by atoms with Gasteiger partial charge in [0.15, 0.2) is 0 Å². The standard InChI is InChI=1S/C14H19N3O2/c1-2-7-16-9-14(19)17(10-13(16)18)8-11-5-3-4-6-12(11)15/h3-6H,2,7-10,15H2,1H3. The van der Waals surface area contributed by atoms with E-state index >= 15 is 0 Å². The summed E-state index contributed by atoms with van der Waals surface area (Å²) < 4.78 is 0. The third kappa shape index (κ3) is 3.05. The van der Waals surface area contributed by atoms with E-state index in [1.165, 1.54) is 0 Å². The highest BCUT2D eigenvalue weighted by molar-refractivity contribution is 5.92. The summed E-state index contributed by atoms with van der Waals surface area (Å²) in [5, 5.41) is 0. The number of amides is 2. The van der Waals surface area contributed by atoms with Crippen molar-refractivity contribution < 1.29 is 9.59 Å². The number of carbonyl (C=O) groups is 2. The van der Waals surface area contributed by atoms with Gasteiger partial charge in [0.2, 0.25) is 11.8 Å². The van der Waals surface area contributed by atoms with E-state index < -0.39 is 0 Å². The molecule has 0 aliphatic carbocycles. The molecule has 0 bridgehead atoms. The number of nitrogens with two attached hydrogens (primary N) is 1. The Morgan fingerprint density at radius 2 is 1.74 bits per heavy atom. The predicted molar refractivity (Wildman–Crippen MR) is 73.1 cm³/mol. The fourth-order valence-electron chi connectivity index (χ4n) is 2.20. The third-order valence-corrected chi connectivity index (χ3v) is 3.27. The van der Waals surface area contributed by atoms with E-state index in [-0.39, 0.29) is 24.9 Å². The van der Waals surface area contributed by atoms with Gasteiger partial charge in [-0.1, -0.05) is 25.1 Å². The molecule has 1 fully saturated rings. The van der Waals surface area contributed by atoms with Gasteiger partial charge in [-0.3, -0.25) is 9.59 Å². The lowest BCUT2D eigenvalue weighted by atomic mass is 10.1. The molecule has 5 heteroatoms. The molecule has 102 valence electrons. The number of nitrogen functional groups attached to an aromatic ring is 1. The molecular formula is C14H19N3O2. The third-order valence-electron chi connectivity index (χ3n) is 3.27. The summed E-state index contributed by atoms with van der Waals surface area (Å²) in [4.78, 5) is 27.1. The Hall–Kier alpha value is -2.04. The van der Waals surface area contributed by atoms with Gasteiger partial charge < -0.3 is 15.5 Å². The monoisotopic (exact) mass is 261 g/mol. The van der Waals surface area contributed by atoms with E-state index in [1.807, 2.05) is 25.1 Å². The summed E-state index contributed by atoms with van der Waals surface area (Å²) in [6.07, 6.45) is 0.866. The molecule has 1 aromatic rings.